The van der Waals surface area contributed by atoms with Crippen LogP contribution in [0.4, 0.5) is 4.39 Å². The minimum Gasteiger partial charge on any atom is -0.497 e. The SMILES string of the molecule is CCC(C)N(CC(=O)O)C(=O)c1ccc(OC)cc1F. The number of carboxylic acids is 1. The summed E-state index contributed by atoms with van der Waals surface area (Å²) in [4.78, 5) is 24.3. The van der Waals surface area contributed by atoms with E-state index >= 15 is 0 Å². The normalized spacial score (nSPS) is 11.8. The number of halogens is 1. The molecule has 0 heterocycles. The van der Waals surface area contributed by atoms with Gasteiger partial charge in [0, 0.05) is 12.1 Å². The molecular weight excluding hydrogens is 265 g/mol. The van der Waals surface area contributed by atoms with Gasteiger partial charge in [0.2, 0.25) is 0 Å². The molecule has 1 unspecified atom stereocenters. The van der Waals surface area contributed by atoms with Gasteiger partial charge in [-0.05, 0) is 25.5 Å². The quantitative estimate of drug-likeness (QED) is 0.868. The molecule has 0 fully saturated rings. The minimum absolute atomic E-state index is 0.160. The molecule has 0 saturated carbocycles. The number of nitrogens with zero attached hydrogens (tertiary/aromatic N) is 1. The van der Waals surface area contributed by atoms with Crippen LogP contribution >= 0.6 is 0 Å². The molecule has 0 radical (unpaired) electrons. The highest BCUT2D eigenvalue weighted by atomic mass is 19.1. The topological polar surface area (TPSA) is 66.8 Å². The predicted octanol–water partition coefficient (Wildman–Crippen LogP) is 2.16. The van der Waals surface area contributed by atoms with Gasteiger partial charge in [0.15, 0.2) is 0 Å². The van der Waals surface area contributed by atoms with Crippen molar-refractivity contribution in [2.45, 2.75) is 26.3 Å². The summed E-state index contributed by atoms with van der Waals surface area (Å²) in [7, 11) is 1.39. The summed E-state index contributed by atoms with van der Waals surface area (Å²) in [5.74, 6) is -2.20. The molecule has 1 amide bonds. The second-order valence-electron chi connectivity index (χ2n) is 4.43. The molecule has 0 aromatic heterocycles. The molecule has 1 atom stereocenters. The lowest BCUT2D eigenvalue weighted by Crippen LogP contribution is -2.42. The summed E-state index contributed by atoms with van der Waals surface area (Å²) < 4.78 is 18.7. The van der Waals surface area contributed by atoms with Crippen LogP contribution in [0, 0.1) is 5.82 Å². The number of methoxy groups -OCH3 is 1. The molecule has 0 saturated heterocycles. The van der Waals surface area contributed by atoms with Crippen LogP contribution in [0.2, 0.25) is 0 Å². The summed E-state index contributed by atoms with van der Waals surface area (Å²) in [5.41, 5.74) is -0.160. The maximum absolute atomic E-state index is 13.9. The van der Waals surface area contributed by atoms with Gasteiger partial charge in [-0.25, -0.2) is 4.39 Å². The van der Waals surface area contributed by atoms with Gasteiger partial charge in [-0.2, -0.15) is 0 Å². The Bertz CT molecular complexity index is 504. The van der Waals surface area contributed by atoms with E-state index in [4.69, 9.17) is 9.84 Å². The number of aliphatic carboxylic acids is 1. The predicted molar refractivity (Wildman–Crippen MR) is 71.4 cm³/mol. The van der Waals surface area contributed by atoms with Crippen LogP contribution in [-0.2, 0) is 4.79 Å². The van der Waals surface area contributed by atoms with E-state index in [0.717, 1.165) is 11.0 Å². The second-order valence-corrected chi connectivity index (χ2v) is 4.43. The van der Waals surface area contributed by atoms with Gasteiger partial charge < -0.3 is 14.7 Å². The van der Waals surface area contributed by atoms with Crippen LogP contribution < -0.4 is 4.74 Å². The molecule has 0 bridgehead atoms. The Kier molecular flexibility index (Phi) is 5.49. The fourth-order valence-corrected chi connectivity index (χ4v) is 1.74. The number of carbonyl (C=O) groups is 2. The molecule has 20 heavy (non-hydrogen) atoms. The number of benzene rings is 1. The maximum Gasteiger partial charge on any atom is 0.323 e. The first-order chi connectivity index (χ1) is 9.40. The summed E-state index contributed by atoms with van der Waals surface area (Å²) in [6.45, 7) is 3.10. The van der Waals surface area contributed by atoms with Crippen molar-refractivity contribution in [1.82, 2.24) is 4.90 Å². The minimum atomic E-state index is -1.13. The van der Waals surface area contributed by atoms with Gasteiger partial charge in [0.05, 0.1) is 12.7 Å². The van der Waals surface area contributed by atoms with Crippen molar-refractivity contribution in [3.05, 3.63) is 29.6 Å². The van der Waals surface area contributed by atoms with Crippen molar-refractivity contribution in [3.63, 3.8) is 0 Å². The van der Waals surface area contributed by atoms with E-state index < -0.39 is 24.2 Å². The van der Waals surface area contributed by atoms with E-state index in [-0.39, 0.29) is 11.6 Å². The zero-order valence-corrected chi connectivity index (χ0v) is 11.7. The summed E-state index contributed by atoms with van der Waals surface area (Å²) in [6.07, 6.45) is 0.580. The zero-order chi connectivity index (χ0) is 15.3. The van der Waals surface area contributed by atoms with Crippen molar-refractivity contribution in [3.8, 4) is 5.75 Å². The fourth-order valence-electron chi connectivity index (χ4n) is 1.74. The molecule has 1 rings (SSSR count). The Balaban J connectivity index is 3.08. The average molecular weight is 283 g/mol. The number of rotatable bonds is 6. The molecule has 0 spiro atoms. The van der Waals surface area contributed by atoms with E-state index in [1.165, 1.54) is 19.2 Å². The third kappa shape index (κ3) is 3.69. The number of hydrogen-bond acceptors (Lipinski definition) is 3. The van der Waals surface area contributed by atoms with Crippen LogP contribution in [0.15, 0.2) is 18.2 Å². The average Bonchev–Trinajstić information content (AvgIpc) is 2.42. The third-order valence-corrected chi connectivity index (χ3v) is 3.10. The zero-order valence-electron chi connectivity index (χ0n) is 11.7. The highest BCUT2D eigenvalue weighted by molar-refractivity contribution is 5.96. The van der Waals surface area contributed by atoms with Crippen molar-refractivity contribution < 1.29 is 23.8 Å². The van der Waals surface area contributed by atoms with Gasteiger partial charge in [0.1, 0.15) is 18.1 Å². The molecule has 5 nitrogen and oxygen atoms in total. The van der Waals surface area contributed by atoms with Crippen molar-refractivity contribution in [2.24, 2.45) is 0 Å². The lowest BCUT2D eigenvalue weighted by molar-refractivity contribution is -0.138. The maximum atomic E-state index is 13.9. The Hall–Kier alpha value is -2.11. The Morgan fingerprint density at radius 1 is 1.45 bits per heavy atom. The highest BCUT2D eigenvalue weighted by Crippen LogP contribution is 2.19. The van der Waals surface area contributed by atoms with E-state index in [0.29, 0.717) is 12.2 Å². The number of carboxylic acid groups (broad SMARTS) is 1. The van der Waals surface area contributed by atoms with E-state index in [9.17, 15) is 14.0 Å². The Morgan fingerprint density at radius 2 is 2.10 bits per heavy atom. The third-order valence-electron chi connectivity index (χ3n) is 3.10. The molecule has 1 aromatic carbocycles. The first-order valence-electron chi connectivity index (χ1n) is 6.27. The summed E-state index contributed by atoms with van der Waals surface area (Å²) in [5, 5.41) is 8.87. The standard InChI is InChI=1S/C14H18FNO4/c1-4-9(2)16(8-13(17)18)14(19)11-6-5-10(20-3)7-12(11)15/h5-7,9H,4,8H2,1-3H3,(H,17,18). The van der Waals surface area contributed by atoms with Crippen LogP contribution in [0.3, 0.4) is 0 Å². The highest BCUT2D eigenvalue weighted by Gasteiger charge is 2.25. The van der Waals surface area contributed by atoms with Gasteiger partial charge in [0.25, 0.3) is 5.91 Å². The monoisotopic (exact) mass is 283 g/mol. The Labute approximate surface area is 117 Å². The van der Waals surface area contributed by atoms with Gasteiger partial charge >= 0.3 is 5.97 Å². The van der Waals surface area contributed by atoms with Crippen LogP contribution in [-0.4, -0.2) is 41.6 Å². The van der Waals surface area contributed by atoms with E-state index in [1.54, 1.807) is 6.92 Å². The number of amides is 1. The number of ether oxygens (including phenoxy) is 1. The van der Waals surface area contributed by atoms with Crippen LogP contribution in [0.1, 0.15) is 30.6 Å². The largest absolute Gasteiger partial charge is 0.497 e. The molecular formula is C14H18FNO4. The lowest BCUT2D eigenvalue weighted by atomic mass is 10.1. The summed E-state index contributed by atoms with van der Waals surface area (Å²) in [6, 6.07) is 3.57. The number of carbonyl (C=O) groups excluding carboxylic acids is 1. The first-order valence-corrected chi connectivity index (χ1v) is 6.27. The molecule has 1 aromatic rings. The van der Waals surface area contributed by atoms with E-state index in [2.05, 4.69) is 0 Å². The van der Waals surface area contributed by atoms with Crippen LogP contribution in [0.5, 0.6) is 5.75 Å². The molecule has 0 aliphatic rings. The molecule has 110 valence electrons. The Morgan fingerprint density at radius 3 is 2.55 bits per heavy atom. The first kappa shape index (κ1) is 15.9. The van der Waals surface area contributed by atoms with Crippen LogP contribution in [0.25, 0.3) is 0 Å². The molecule has 0 aliphatic carbocycles. The second kappa shape index (κ2) is 6.88. The van der Waals surface area contributed by atoms with Gasteiger partial charge in [-0.3, -0.25) is 9.59 Å². The van der Waals surface area contributed by atoms with Gasteiger partial charge in [-0.1, -0.05) is 6.92 Å². The lowest BCUT2D eigenvalue weighted by Gasteiger charge is -2.27. The molecule has 0 aliphatic heterocycles. The number of hydrogen-bond donors (Lipinski definition) is 1. The molecule has 6 heteroatoms. The molecule has 1 N–H and O–H groups in total. The van der Waals surface area contributed by atoms with Gasteiger partial charge in [-0.15, -0.1) is 0 Å². The smallest absolute Gasteiger partial charge is 0.323 e. The van der Waals surface area contributed by atoms with Crippen molar-refractivity contribution >= 4 is 11.9 Å². The van der Waals surface area contributed by atoms with Crippen molar-refractivity contribution in [1.29, 1.82) is 0 Å². The van der Waals surface area contributed by atoms with E-state index in [1.807, 2.05) is 6.92 Å². The fraction of sp³-hybridized carbons (Fsp3) is 0.429. The van der Waals surface area contributed by atoms with Crippen molar-refractivity contribution in [2.75, 3.05) is 13.7 Å². The summed E-state index contributed by atoms with van der Waals surface area (Å²) >= 11 is 0.